The van der Waals surface area contributed by atoms with Gasteiger partial charge in [-0.1, -0.05) is 17.7 Å². The lowest BCUT2D eigenvalue weighted by atomic mass is 10.2. The van der Waals surface area contributed by atoms with Crippen molar-refractivity contribution in [1.29, 1.82) is 0 Å². The Balaban J connectivity index is 2.98. The van der Waals surface area contributed by atoms with Gasteiger partial charge in [0.05, 0.1) is 11.0 Å². The van der Waals surface area contributed by atoms with E-state index in [9.17, 15) is 13.5 Å². The highest BCUT2D eigenvalue weighted by molar-refractivity contribution is 8.13. The maximum absolute atomic E-state index is 12.4. The summed E-state index contributed by atoms with van der Waals surface area (Å²) in [6.07, 6.45) is 1.35. The number of sulfone groups is 1. The van der Waals surface area contributed by atoms with E-state index in [2.05, 4.69) is 0 Å². The molecule has 2 unspecified atom stereocenters. The Labute approximate surface area is 118 Å². The molecule has 4 nitrogen and oxygen atoms in total. The van der Waals surface area contributed by atoms with Crippen LogP contribution in [-0.2, 0) is 9.84 Å². The second-order valence-electron chi connectivity index (χ2n) is 4.40. The largest absolute Gasteiger partial charge is 0.396 e. The summed E-state index contributed by atoms with van der Waals surface area (Å²) in [6, 6.07) is 6.61. The SMILES string of the molecule is CSC(C(O)CCCO)S(=O)(=O)c1ccc(C)cc1. The van der Waals surface area contributed by atoms with E-state index in [0.29, 0.717) is 6.42 Å². The van der Waals surface area contributed by atoms with Crippen LogP contribution in [0.15, 0.2) is 29.2 Å². The molecular formula is C13H20O4S2. The Morgan fingerprint density at radius 3 is 2.32 bits per heavy atom. The first-order valence-electron chi connectivity index (χ1n) is 6.05. The molecule has 0 heterocycles. The monoisotopic (exact) mass is 304 g/mol. The van der Waals surface area contributed by atoms with Crippen molar-refractivity contribution in [2.24, 2.45) is 0 Å². The Bertz CT molecular complexity index is 482. The third-order valence-electron chi connectivity index (χ3n) is 2.86. The fourth-order valence-corrected chi connectivity index (χ4v) is 4.92. The minimum absolute atomic E-state index is 0.0528. The minimum atomic E-state index is -3.57. The number of rotatable bonds is 7. The summed E-state index contributed by atoms with van der Waals surface area (Å²) < 4.78 is 24.0. The first-order chi connectivity index (χ1) is 8.93. The van der Waals surface area contributed by atoms with Crippen LogP contribution in [0.4, 0.5) is 0 Å². The highest BCUT2D eigenvalue weighted by Crippen LogP contribution is 2.27. The van der Waals surface area contributed by atoms with Crippen LogP contribution in [0.25, 0.3) is 0 Å². The summed E-state index contributed by atoms with van der Waals surface area (Å²) in [5, 5.41) is 18.7. The van der Waals surface area contributed by atoms with Gasteiger partial charge in [-0.3, -0.25) is 0 Å². The molecule has 0 fully saturated rings. The molecule has 0 radical (unpaired) electrons. The maximum atomic E-state index is 12.4. The van der Waals surface area contributed by atoms with Gasteiger partial charge in [-0.05, 0) is 38.2 Å². The quantitative estimate of drug-likeness (QED) is 0.800. The molecule has 2 N–H and O–H groups in total. The van der Waals surface area contributed by atoms with Crippen molar-refractivity contribution in [3.8, 4) is 0 Å². The van der Waals surface area contributed by atoms with Crippen LogP contribution in [0.1, 0.15) is 18.4 Å². The van der Waals surface area contributed by atoms with Crippen molar-refractivity contribution >= 4 is 21.6 Å². The molecule has 0 aliphatic heterocycles. The Kier molecular flexibility index (Phi) is 6.32. The molecule has 0 aromatic heterocycles. The van der Waals surface area contributed by atoms with Crippen LogP contribution >= 0.6 is 11.8 Å². The molecule has 0 saturated heterocycles. The second-order valence-corrected chi connectivity index (χ2v) is 7.74. The normalized spacial score (nSPS) is 15.2. The predicted octanol–water partition coefficient (Wildman–Crippen LogP) is 1.59. The lowest BCUT2D eigenvalue weighted by Crippen LogP contribution is -2.31. The van der Waals surface area contributed by atoms with E-state index >= 15 is 0 Å². The molecule has 0 aliphatic rings. The average Bonchev–Trinajstić information content (AvgIpc) is 2.37. The fourth-order valence-electron chi connectivity index (χ4n) is 1.79. The lowest BCUT2D eigenvalue weighted by Gasteiger charge is -2.21. The van der Waals surface area contributed by atoms with Gasteiger partial charge in [-0.2, -0.15) is 0 Å². The van der Waals surface area contributed by atoms with Crippen LogP contribution < -0.4 is 0 Å². The van der Waals surface area contributed by atoms with Crippen molar-refractivity contribution in [3.05, 3.63) is 29.8 Å². The zero-order valence-corrected chi connectivity index (χ0v) is 12.7. The molecule has 0 aliphatic carbocycles. The molecular weight excluding hydrogens is 284 g/mol. The number of hydrogen-bond donors (Lipinski definition) is 2. The standard InChI is InChI=1S/C13H20O4S2/c1-10-5-7-11(8-6-10)19(16,17)13(18-2)12(15)4-3-9-14/h5-8,12-15H,3-4,9H2,1-2H3. The van der Waals surface area contributed by atoms with Crippen LogP contribution in [-0.4, -0.2) is 42.2 Å². The Morgan fingerprint density at radius 2 is 1.84 bits per heavy atom. The zero-order valence-electron chi connectivity index (χ0n) is 11.1. The van der Waals surface area contributed by atoms with E-state index in [1.54, 1.807) is 30.5 Å². The van der Waals surface area contributed by atoms with Gasteiger partial charge in [0, 0.05) is 6.61 Å². The van der Waals surface area contributed by atoms with Crippen LogP contribution in [0, 0.1) is 6.92 Å². The zero-order chi connectivity index (χ0) is 14.5. The molecule has 2 atom stereocenters. The third-order valence-corrected chi connectivity index (χ3v) is 6.83. The minimum Gasteiger partial charge on any atom is -0.396 e. The number of thioether (sulfide) groups is 1. The van der Waals surface area contributed by atoms with Gasteiger partial charge in [-0.15, -0.1) is 11.8 Å². The summed E-state index contributed by atoms with van der Waals surface area (Å²) >= 11 is 1.11. The number of benzene rings is 1. The number of aryl methyl sites for hydroxylation is 1. The number of hydrogen-bond acceptors (Lipinski definition) is 5. The van der Waals surface area contributed by atoms with Gasteiger partial charge >= 0.3 is 0 Å². The van der Waals surface area contributed by atoms with Crippen LogP contribution in [0.3, 0.4) is 0 Å². The summed E-state index contributed by atoms with van der Waals surface area (Å²) in [7, 11) is -3.57. The van der Waals surface area contributed by atoms with Crippen molar-refractivity contribution < 1.29 is 18.6 Å². The Morgan fingerprint density at radius 1 is 1.26 bits per heavy atom. The maximum Gasteiger partial charge on any atom is 0.193 e. The van der Waals surface area contributed by atoms with E-state index in [1.807, 2.05) is 6.92 Å². The topological polar surface area (TPSA) is 74.6 Å². The summed E-state index contributed by atoms with van der Waals surface area (Å²) in [5.74, 6) is 0. The first kappa shape index (κ1) is 16.5. The smallest absolute Gasteiger partial charge is 0.193 e. The molecule has 1 aromatic carbocycles. The van der Waals surface area contributed by atoms with E-state index in [4.69, 9.17) is 5.11 Å². The fraction of sp³-hybridized carbons (Fsp3) is 0.538. The highest BCUT2D eigenvalue weighted by Gasteiger charge is 2.32. The van der Waals surface area contributed by atoms with Gasteiger partial charge in [0.15, 0.2) is 9.84 Å². The van der Waals surface area contributed by atoms with Crippen molar-refractivity contribution in [2.45, 2.75) is 35.3 Å². The molecule has 1 aromatic rings. The summed E-state index contributed by atoms with van der Waals surface area (Å²) in [6.45, 7) is 1.83. The molecule has 0 spiro atoms. The molecule has 0 saturated carbocycles. The summed E-state index contributed by atoms with van der Waals surface area (Å²) in [5.41, 5.74) is 0.987. The number of aliphatic hydroxyl groups excluding tert-OH is 2. The molecule has 6 heteroatoms. The third kappa shape index (κ3) is 4.21. The first-order valence-corrected chi connectivity index (χ1v) is 8.89. The van der Waals surface area contributed by atoms with Crippen molar-refractivity contribution in [3.63, 3.8) is 0 Å². The van der Waals surface area contributed by atoms with Crippen LogP contribution in [0.2, 0.25) is 0 Å². The molecule has 0 bridgehead atoms. The number of aliphatic hydroxyl groups is 2. The van der Waals surface area contributed by atoms with Gasteiger partial charge in [0.1, 0.15) is 4.58 Å². The molecule has 1 rings (SSSR count). The molecule has 0 amide bonds. The van der Waals surface area contributed by atoms with Crippen molar-refractivity contribution in [1.82, 2.24) is 0 Å². The van der Waals surface area contributed by atoms with Gasteiger partial charge in [0.25, 0.3) is 0 Å². The Hall–Kier alpha value is -0.560. The summed E-state index contributed by atoms with van der Waals surface area (Å²) in [4.78, 5) is 0.223. The molecule has 108 valence electrons. The van der Waals surface area contributed by atoms with Gasteiger partial charge in [-0.25, -0.2) is 8.42 Å². The van der Waals surface area contributed by atoms with Crippen LogP contribution in [0.5, 0.6) is 0 Å². The van der Waals surface area contributed by atoms with Gasteiger partial charge < -0.3 is 10.2 Å². The highest BCUT2D eigenvalue weighted by atomic mass is 32.3. The predicted molar refractivity (Wildman–Crippen MR) is 78.0 cm³/mol. The average molecular weight is 304 g/mol. The van der Waals surface area contributed by atoms with E-state index in [-0.39, 0.29) is 17.9 Å². The van der Waals surface area contributed by atoms with Crippen molar-refractivity contribution in [2.75, 3.05) is 12.9 Å². The van der Waals surface area contributed by atoms with E-state index < -0.39 is 20.5 Å². The lowest BCUT2D eigenvalue weighted by molar-refractivity contribution is 0.162. The molecule has 19 heavy (non-hydrogen) atoms. The van der Waals surface area contributed by atoms with Gasteiger partial charge in [0.2, 0.25) is 0 Å². The van der Waals surface area contributed by atoms with E-state index in [0.717, 1.165) is 17.3 Å². The van der Waals surface area contributed by atoms with E-state index in [1.165, 1.54) is 0 Å². The second kappa shape index (κ2) is 7.28.